The second-order valence-corrected chi connectivity index (χ2v) is 4.06. The summed E-state index contributed by atoms with van der Waals surface area (Å²) in [4.78, 5) is 21.1. The molecule has 3 heterocycles. The van der Waals surface area contributed by atoms with E-state index in [0.717, 1.165) is 0 Å². The molecule has 3 aromatic rings. The first-order valence-corrected chi connectivity index (χ1v) is 5.84. The lowest BCUT2D eigenvalue weighted by Gasteiger charge is -1.91. The first kappa shape index (κ1) is 12.6. The van der Waals surface area contributed by atoms with Gasteiger partial charge in [-0.05, 0) is 18.2 Å². The quantitative estimate of drug-likeness (QED) is 0.447. The van der Waals surface area contributed by atoms with Crippen LogP contribution in [0.3, 0.4) is 0 Å². The van der Waals surface area contributed by atoms with Crippen LogP contribution in [-0.2, 0) is 0 Å². The highest BCUT2D eigenvalue weighted by molar-refractivity contribution is 5.88. The fraction of sp³-hybridized carbons (Fsp3) is 0. The van der Waals surface area contributed by atoms with Crippen LogP contribution in [0.15, 0.2) is 34.9 Å². The molecular formula is C13H7N5O3. The number of hydrogen-bond acceptors (Lipinski definition) is 6. The molecule has 3 rings (SSSR count). The highest BCUT2D eigenvalue weighted by Gasteiger charge is 2.13. The van der Waals surface area contributed by atoms with E-state index >= 15 is 0 Å². The van der Waals surface area contributed by atoms with Crippen LogP contribution >= 0.6 is 0 Å². The monoisotopic (exact) mass is 281 g/mol. The Labute approximate surface area is 117 Å². The van der Waals surface area contributed by atoms with Gasteiger partial charge in [0.2, 0.25) is 0 Å². The van der Waals surface area contributed by atoms with Gasteiger partial charge in [0, 0.05) is 12.3 Å². The first-order chi connectivity index (χ1) is 10.2. The number of nitro groups is 1. The number of H-pyrrole nitrogens is 1. The molecule has 0 unspecified atom stereocenters. The molecule has 0 bridgehead atoms. The summed E-state index contributed by atoms with van der Waals surface area (Å²) < 4.78 is 4.99. The zero-order valence-corrected chi connectivity index (χ0v) is 10.5. The molecule has 8 heteroatoms. The van der Waals surface area contributed by atoms with E-state index in [2.05, 4.69) is 15.0 Å². The largest absolute Gasteiger partial charge is 0.433 e. The van der Waals surface area contributed by atoms with Gasteiger partial charge < -0.3 is 9.40 Å². The summed E-state index contributed by atoms with van der Waals surface area (Å²) in [5.41, 5.74) is 1.37. The van der Waals surface area contributed by atoms with Gasteiger partial charge in [0.15, 0.2) is 11.5 Å². The van der Waals surface area contributed by atoms with E-state index in [9.17, 15) is 15.4 Å². The highest BCUT2D eigenvalue weighted by atomic mass is 16.6. The third-order valence-electron chi connectivity index (χ3n) is 2.71. The predicted octanol–water partition coefficient (Wildman–Crippen LogP) is 2.52. The lowest BCUT2D eigenvalue weighted by atomic mass is 10.2. The van der Waals surface area contributed by atoms with Crippen molar-refractivity contribution in [3.8, 4) is 6.07 Å². The van der Waals surface area contributed by atoms with Crippen molar-refractivity contribution in [3.63, 3.8) is 0 Å². The maximum atomic E-state index is 10.6. The average Bonchev–Trinajstić information content (AvgIpc) is 3.11. The van der Waals surface area contributed by atoms with Crippen molar-refractivity contribution in [1.29, 1.82) is 5.26 Å². The fourth-order valence-electron chi connectivity index (χ4n) is 1.79. The summed E-state index contributed by atoms with van der Waals surface area (Å²) in [7, 11) is 0. The molecule has 0 aliphatic rings. The van der Waals surface area contributed by atoms with Crippen LogP contribution in [0.25, 0.3) is 22.8 Å². The molecule has 8 nitrogen and oxygen atoms in total. The maximum absolute atomic E-state index is 10.6. The number of nitrogens with zero attached hydrogens (tertiary/aromatic N) is 4. The van der Waals surface area contributed by atoms with Crippen LogP contribution in [0.5, 0.6) is 0 Å². The number of furan rings is 1. The second-order valence-electron chi connectivity index (χ2n) is 4.06. The van der Waals surface area contributed by atoms with Gasteiger partial charge in [0.05, 0.1) is 17.2 Å². The minimum atomic E-state index is -0.644. The van der Waals surface area contributed by atoms with Gasteiger partial charge in [0.1, 0.15) is 16.8 Å². The van der Waals surface area contributed by atoms with Gasteiger partial charge in [-0.15, -0.1) is 0 Å². The third-order valence-corrected chi connectivity index (χ3v) is 2.71. The number of imidazole rings is 1. The Bertz CT molecular complexity index is 867. The van der Waals surface area contributed by atoms with E-state index in [1.807, 2.05) is 6.07 Å². The molecular weight excluding hydrogens is 274 g/mol. The molecule has 0 radical (unpaired) electrons. The summed E-state index contributed by atoms with van der Waals surface area (Å²) in [5.74, 6) is 0.140. The van der Waals surface area contributed by atoms with Crippen LogP contribution in [0.1, 0.15) is 11.6 Å². The van der Waals surface area contributed by atoms with Crippen molar-refractivity contribution in [3.05, 3.63) is 52.2 Å². The normalized spacial score (nSPS) is 11.5. The molecule has 21 heavy (non-hydrogen) atoms. The number of fused-ring (bicyclic) bond motifs is 1. The molecule has 102 valence electrons. The molecule has 3 aromatic heterocycles. The maximum Gasteiger partial charge on any atom is 0.433 e. The fourth-order valence-corrected chi connectivity index (χ4v) is 1.79. The summed E-state index contributed by atoms with van der Waals surface area (Å²) in [6.07, 6.45) is 2.98. The van der Waals surface area contributed by atoms with Gasteiger partial charge >= 0.3 is 5.88 Å². The van der Waals surface area contributed by atoms with E-state index < -0.39 is 4.92 Å². The molecule has 0 saturated heterocycles. The lowest BCUT2D eigenvalue weighted by molar-refractivity contribution is -0.402. The Morgan fingerprint density at radius 3 is 3.00 bits per heavy atom. The van der Waals surface area contributed by atoms with E-state index in [4.69, 9.17) is 4.42 Å². The van der Waals surface area contributed by atoms with Gasteiger partial charge in [-0.2, -0.15) is 5.26 Å². The van der Waals surface area contributed by atoms with Crippen molar-refractivity contribution < 1.29 is 9.34 Å². The third kappa shape index (κ3) is 2.35. The van der Waals surface area contributed by atoms with Crippen molar-refractivity contribution in [2.24, 2.45) is 0 Å². The van der Waals surface area contributed by atoms with Gasteiger partial charge in [-0.3, -0.25) is 10.1 Å². The van der Waals surface area contributed by atoms with Crippen molar-refractivity contribution in [2.45, 2.75) is 0 Å². The van der Waals surface area contributed by atoms with Crippen LogP contribution < -0.4 is 0 Å². The standard InChI is InChI=1S/C13H7N5O3/c14-7-8(6-9-3-4-11(21-9)18(19)20)12-16-10-2-1-5-15-13(10)17-12/h1-6H,(H,15,16,17)/b8-6+. The molecule has 0 saturated carbocycles. The van der Waals surface area contributed by atoms with Crippen LogP contribution in [-0.4, -0.2) is 19.9 Å². The minimum Gasteiger partial charge on any atom is -0.401 e. The van der Waals surface area contributed by atoms with Gasteiger partial charge in [-0.1, -0.05) is 0 Å². The molecule has 0 aliphatic heterocycles. The minimum absolute atomic E-state index is 0.192. The number of allylic oxidation sites excluding steroid dienone is 1. The average molecular weight is 281 g/mol. The molecule has 0 fully saturated rings. The topological polar surface area (TPSA) is 122 Å². The van der Waals surface area contributed by atoms with E-state index in [0.29, 0.717) is 17.0 Å². The molecule has 0 atom stereocenters. The smallest absolute Gasteiger partial charge is 0.401 e. The number of hydrogen-bond donors (Lipinski definition) is 1. The number of nitrogens with one attached hydrogen (secondary N) is 1. The van der Waals surface area contributed by atoms with E-state index in [1.54, 1.807) is 18.3 Å². The molecule has 0 amide bonds. The van der Waals surface area contributed by atoms with Crippen LogP contribution in [0.2, 0.25) is 0 Å². The van der Waals surface area contributed by atoms with Gasteiger partial charge in [-0.25, -0.2) is 9.97 Å². The van der Waals surface area contributed by atoms with Crippen molar-refractivity contribution >= 4 is 28.7 Å². The SMILES string of the molecule is N#C/C(=C\c1ccc([N+](=O)[O-])o1)c1nc2ncccc2[nH]1. The molecule has 0 spiro atoms. The Morgan fingerprint density at radius 1 is 1.48 bits per heavy atom. The molecule has 1 N–H and O–H groups in total. The van der Waals surface area contributed by atoms with Crippen LogP contribution in [0, 0.1) is 21.4 Å². The Kier molecular flexibility index (Phi) is 2.93. The van der Waals surface area contributed by atoms with E-state index in [1.165, 1.54) is 18.2 Å². The van der Waals surface area contributed by atoms with Gasteiger partial charge in [0.25, 0.3) is 0 Å². The predicted molar refractivity (Wildman–Crippen MR) is 72.7 cm³/mol. The summed E-state index contributed by atoms with van der Waals surface area (Å²) in [6.45, 7) is 0. The summed E-state index contributed by atoms with van der Waals surface area (Å²) in [5, 5.41) is 19.8. The summed E-state index contributed by atoms with van der Waals surface area (Å²) >= 11 is 0. The number of pyridine rings is 1. The highest BCUT2D eigenvalue weighted by Crippen LogP contribution is 2.21. The zero-order valence-electron chi connectivity index (χ0n) is 10.5. The number of aromatic nitrogens is 3. The zero-order chi connectivity index (χ0) is 14.8. The lowest BCUT2D eigenvalue weighted by Crippen LogP contribution is -1.85. The molecule has 0 aromatic carbocycles. The number of rotatable bonds is 3. The van der Waals surface area contributed by atoms with Crippen molar-refractivity contribution in [1.82, 2.24) is 15.0 Å². The van der Waals surface area contributed by atoms with Crippen LogP contribution in [0.4, 0.5) is 5.88 Å². The Morgan fingerprint density at radius 2 is 2.33 bits per heavy atom. The number of aromatic amines is 1. The summed E-state index contributed by atoms with van der Waals surface area (Å²) in [6, 6.07) is 8.14. The Hall–Kier alpha value is -3.47. The molecule has 0 aliphatic carbocycles. The second kappa shape index (κ2) is 4.90. The first-order valence-electron chi connectivity index (χ1n) is 5.84. The number of nitriles is 1. The van der Waals surface area contributed by atoms with Crippen molar-refractivity contribution in [2.75, 3.05) is 0 Å². The Balaban J connectivity index is 2.02. The van der Waals surface area contributed by atoms with E-state index in [-0.39, 0.29) is 17.2 Å².